The molecule has 0 spiro atoms. The van der Waals surface area contributed by atoms with Crippen LogP contribution >= 0.6 is 0 Å². The first-order valence-electron chi connectivity index (χ1n) is 7.12. The standard InChI is InChI=1S/C16H18N4O2/c1-21-13-5-7-14(8-6-13)22-10-2-3-15-18-19-16-9-4-12(17)11-20(15)16/h4-9,11H,2-3,10,17H2,1H3. The van der Waals surface area contributed by atoms with E-state index in [0.29, 0.717) is 12.3 Å². The van der Waals surface area contributed by atoms with Gasteiger partial charge in [-0.05, 0) is 42.8 Å². The molecule has 0 saturated carbocycles. The van der Waals surface area contributed by atoms with Gasteiger partial charge in [0.2, 0.25) is 0 Å². The molecule has 22 heavy (non-hydrogen) atoms. The van der Waals surface area contributed by atoms with Crippen molar-refractivity contribution in [1.82, 2.24) is 14.6 Å². The van der Waals surface area contributed by atoms with E-state index in [2.05, 4.69) is 10.2 Å². The monoisotopic (exact) mass is 298 g/mol. The zero-order valence-corrected chi connectivity index (χ0v) is 12.4. The number of methoxy groups -OCH3 is 1. The summed E-state index contributed by atoms with van der Waals surface area (Å²) >= 11 is 0. The second-order valence-electron chi connectivity index (χ2n) is 4.93. The van der Waals surface area contributed by atoms with Crippen molar-refractivity contribution in [2.75, 3.05) is 19.5 Å². The van der Waals surface area contributed by atoms with Crippen LogP contribution in [0.2, 0.25) is 0 Å². The molecule has 0 amide bonds. The van der Waals surface area contributed by atoms with Crippen LogP contribution in [0, 0.1) is 0 Å². The number of aryl methyl sites for hydroxylation is 1. The summed E-state index contributed by atoms with van der Waals surface area (Å²) in [4.78, 5) is 0. The maximum Gasteiger partial charge on any atom is 0.160 e. The molecule has 0 fully saturated rings. The zero-order chi connectivity index (χ0) is 15.4. The minimum absolute atomic E-state index is 0.615. The zero-order valence-electron chi connectivity index (χ0n) is 12.4. The third kappa shape index (κ3) is 3.11. The van der Waals surface area contributed by atoms with Gasteiger partial charge in [0.1, 0.15) is 17.3 Å². The fourth-order valence-corrected chi connectivity index (χ4v) is 2.22. The van der Waals surface area contributed by atoms with Gasteiger partial charge in [0.15, 0.2) is 5.65 Å². The Kier molecular flexibility index (Phi) is 4.09. The molecule has 2 aromatic heterocycles. The highest BCUT2D eigenvalue weighted by Crippen LogP contribution is 2.17. The molecule has 6 nitrogen and oxygen atoms in total. The summed E-state index contributed by atoms with van der Waals surface area (Å²) in [5.41, 5.74) is 7.30. The van der Waals surface area contributed by atoms with Crippen LogP contribution in [-0.4, -0.2) is 28.3 Å². The van der Waals surface area contributed by atoms with Crippen molar-refractivity contribution in [1.29, 1.82) is 0 Å². The third-order valence-corrected chi connectivity index (χ3v) is 3.37. The van der Waals surface area contributed by atoms with Crippen LogP contribution < -0.4 is 15.2 Å². The van der Waals surface area contributed by atoms with Crippen molar-refractivity contribution in [3.8, 4) is 11.5 Å². The number of hydrogen-bond acceptors (Lipinski definition) is 5. The predicted molar refractivity (Wildman–Crippen MR) is 84.2 cm³/mol. The maximum absolute atomic E-state index is 5.80. The molecule has 0 atom stereocenters. The Morgan fingerprint density at radius 2 is 1.82 bits per heavy atom. The van der Waals surface area contributed by atoms with E-state index in [1.807, 2.05) is 47.0 Å². The van der Waals surface area contributed by atoms with Gasteiger partial charge in [0.05, 0.1) is 13.7 Å². The number of benzene rings is 1. The van der Waals surface area contributed by atoms with Gasteiger partial charge in [0.25, 0.3) is 0 Å². The second kappa shape index (κ2) is 6.34. The molecule has 0 aliphatic carbocycles. The highest BCUT2D eigenvalue weighted by Gasteiger charge is 2.05. The highest BCUT2D eigenvalue weighted by atomic mass is 16.5. The first-order chi connectivity index (χ1) is 10.8. The van der Waals surface area contributed by atoms with Crippen molar-refractivity contribution in [2.24, 2.45) is 0 Å². The molecule has 0 radical (unpaired) electrons. The van der Waals surface area contributed by atoms with Crippen molar-refractivity contribution in [3.05, 3.63) is 48.4 Å². The lowest BCUT2D eigenvalue weighted by atomic mass is 10.3. The summed E-state index contributed by atoms with van der Waals surface area (Å²) in [7, 11) is 1.64. The Labute approximate surface area is 128 Å². The van der Waals surface area contributed by atoms with E-state index in [1.54, 1.807) is 7.11 Å². The molecule has 6 heteroatoms. The molecule has 0 aliphatic rings. The first kappa shape index (κ1) is 14.2. The lowest BCUT2D eigenvalue weighted by Crippen LogP contribution is -2.02. The lowest BCUT2D eigenvalue weighted by Gasteiger charge is -2.06. The minimum Gasteiger partial charge on any atom is -0.497 e. The average Bonchev–Trinajstić information content (AvgIpc) is 2.94. The average molecular weight is 298 g/mol. The summed E-state index contributed by atoms with van der Waals surface area (Å²) in [6, 6.07) is 11.2. The van der Waals surface area contributed by atoms with Crippen LogP contribution in [0.3, 0.4) is 0 Å². The van der Waals surface area contributed by atoms with Crippen LogP contribution in [-0.2, 0) is 6.42 Å². The van der Waals surface area contributed by atoms with Crippen molar-refractivity contribution in [3.63, 3.8) is 0 Å². The number of anilines is 1. The number of nitrogen functional groups attached to an aromatic ring is 1. The van der Waals surface area contributed by atoms with Gasteiger partial charge in [-0.25, -0.2) is 0 Å². The summed E-state index contributed by atoms with van der Waals surface area (Å²) in [5.74, 6) is 2.54. The van der Waals surface area contributed by atoms with Gasteiger partial charge in [-0.15, -0.1) is 10.2 Å². The van der Waals surface area contributed by atoms with Crippen LogP contribution in [0.5, 0.6) is 11.5 Å². The molecule has 114 valence electrons. The number of nitrogens with zero attached hydrogens (tertiary/aromatic N) is 3. The van der Waals surface area contributed by atoms with Crippen molar-refractivity contribution in [2.45, 2.75) is 12.8 Å². The van der Waals surface area contributed by atoms with Gasteiger partial charge >= 0.3 is 0 Å². The Morgan fingerprint density at radius 1 is 1.05 bits per heavy atom. The van der Waals surface area contributed by atoms with E-state index in [4.69, 9.17) is 15.2 Å². The quantitative estimate of drug-likeness (QED) is 0.707. The molecule has 0 saturated heterocycles. The highest BCUT2D eigenvalue weighted by molar-refractivity contribution is 5.47. The molecular weight excluding hydrogens is 280 g/mol. The number of ether oxygens (including phenoxy) is 2. The molecule has 3 aromatic rings. The SMILES string of the molecule is COc1ccc(OCCCc2nnc3ccc(N)cn23)cc1. The summed E-state index contributed by atoms with van der Waals surface area (Å²) in [5, 5.41) is 8.31. The third-order valence-electron chi connectivity index (χ3n) is 3.37. The number of hydrogen-bond donors (Lipinski definition) is 1. The number of aromatic nitrogens is 3. The Morgan fingerprint density at radius 3 is 2.59 bits per heavy atom. The summed E-state index contributed by atoms with van der Waals surface area (Å²) in [6.07, 6.45) is 3.47. The topological polar surface area (TPSA) is 74.7 Å². The minimum atomic E-state index is 0.615. The largest absolute Gasteiger partial charge is 0.497 e. The molecule has 1 aromatic carbocycles. The predicted octanol–water partition coefficient (Wildman–Crippen LogP) is 2.33. The lowest BCUT2D eigenvalue weighted by molar-refractivity contribution is 0.309. The van der Waals surface area contributed by atoms with Crippen LogP contribution in [0.25, 0.3) is 5.65 Å². The maximum atomic E-state index is 5.80. The van der Waals surface area contributed by atoms with E-state index in [9.17, 15) is 0 Å². The van der Waals surface area contributed by atoms with Crippen LogP contribution in [0.4, 0.5) is 5.69 Å². The smallest absolute Gasteiger partial charge is 0.160 e. The van der Waals surface area contributed by atoms with Gasteiger partial charge in [0, 0.05) is 18.3 Å². The Hall–Kier alpha value is -2.76. The van der Waals surface area contributed by atoms with E-state index in [-0.39, 0.29) is 0 Å². The first-order valence-corrected chi connectivity index (χ1v) is 7.12. The van der Waals surface area contributed by atoms with Crippen LogP contribution in [0.1, 0.15) is 12.2 Å². The van der Waals surface area contributed by atoms with Gasteiger partial charge < -0.3 is 15.2 Å². The normalized spacial score (nSPS) is 10.8. The number of fused-ring (bicyclic) bond motifs is 1. The fraction of sp³-hybridized carbons (Fsp3) is 0.250. The van der Waals surface area contributed by atoms with E-state index >= 15 is 0 Å². The number of pyridine rings is 1. The molecular formula is C16H18N4O2. The van der Waals surface area contributed by atoms with Crippen molar-refractivity contribution >= 4 is 11.3 Å². The molecule has 2 heterocycles. The van der Waals surface area contributed by atoms with Gasteiger partial charge in [-0.3, -0.25) is 4.40 Å². The summed E-state index contributed by atoms with van der Waals surface area (Å²) in [6.45, 7) is 0.615. The molecule has 2 N–H and O–H groups in total. The summed E-state index contributed by atoms with van der Waals surface area (Å²) < 4.78 is 12.7. The molecule has 0 bridgehead atoms. The van der Waals surface area contributed by atoms with E-state index < -0.39 is 0 Å². The molecule has 0 aliphatic heterocycles. The van der Waals surface area contributed by atoms with Gasteiger partial charge in [-0.2, -0.15) is 0 Å². The van der Waals surface area contributed by atoms with E-state index in [1.165, 1.54) is 0 Å². The Balaban J connectivity index is 1.54. The van der Waals surface area contributed by atoms with Gasteiger partial charge in [-0.1, -0.05) is 0 Å². The van der Waals surface area contributed by atoms with E-state index in [0.717, 1.165) is 35.8 Å². The molecule has 3 rings (SSSR count). The van der Waals surface area contributed by atoms with Crippen LogP contribution in [0.15, 0.2) is 42.6 Å². The Bertz CT molecular complexity index is 752. The number of rotatable bonds is 6. The molecule has 0 unspecified atom stereocenters. The van der Waals surface area contributed by atoms with Crippen molar-refractivity contribution < 1.29 is 9.47 Å². The number of nitrogens with two attached hydrogens (primary N) is 1. The second-order valence-corrected chi connectivity index (χ2v) is 4.93. The fourth-order valence-electron chi connectivity index (χ4n) is 2.22.